The van der Waals surface area contributed by atoms with E-state index in [0.29, 0.717) is 6.04 Å². The summed E-state index contributed by atoms with van der Waals surface area (Å²) in [6, 6.07) is 0.597. The molecule has 1 aromatic rings. The molecule has 1 atom stereocenters. The fraction of sp³-hybridized carbons (Fsp3) is 0.733. The van der Waals surface area contributed by atoms with E-state index in [9.17, 15) is 0 Å². The van der Waals surface area contributed by atoms with Crippen molar-refractivity contribution in [3.63, 3.8) is 0 Å². The van der Waals surface area contributed by atoms with Gasteiger partial charge in [0, 0.05) is 30.4 Å². The van der Waals surface area contributed by atoms with Crippen LogP contribution < -0.4 is 10.2 Å². The molecule has 1 N–H and O–H groups in total. The maximum atomic E-state index is 4.64. The van der Waals surface area contributed by atoms with E-state index in [-0.39, 0.29) is 0 Å². The van der Waals surface area contributed by atoms with Crippen LogP contribution >= 0.6 is 0 Å². The number of hydrogen-bond donors (Lipinski definition) is 1. The molecule has 1 aliphatic heterocycles. The molecule has 0 aromatic carbocycles. The lowest BCUT2D eigenvalue weighted by Crippen LogP contribution is -2.46. The van der Waals surface area contributed by atoms with E-state index < -0.39 is 0 Å². The molecule has 0 bridgehead atoms. The molecule has 104 valence electrons. The predicted molar refractivity (Wildman–Crippen MR) is 77.6 cm³/mol. The first-order valence-corrected chi connectivity index (χ1v) is 7.64. The zero-order valence-corrected chi connectivity index (χ0v) is 11.9. The Kier molecular flexibility index (Phi) is 3.97. The topological polar surface area (TPSA) is 41.0 Å². The maximum Gasteiger partial charge on any atom is 0.135 e. The summed E-state index contributed by atoms with van der Waals surface area (Å²) in [5.41, 5.74) is 2.72. The molecule has 0 radical (unpaired) electrons. The summed E-state index contributed by atoms with van der Waals surface area (Å²) in [7, 11) is 2.04. The lowest BCUT2D eigenvalue weighted by atomic mass is 9.94. The van der Waals surface area contributed by atoms with E-state index in [1.807, 2.05) is 7.05 Å². The van der Waals surface area contributed by atoms with Crippen LogP contribution in [-0.2, 0) is 12.8 Å². The number of fused-ring (bicyclic) bond motifs is 1. The molecule has 19 heavy (non-hydrogen) atoms. The molecule has 0 saturated carbocycles. The smallest absolute Gasteiger partial charge is 0.135 e. The summed E-state index contributed by atoms with van der Waals surface area (Å²) in [4.78, 5) is 11.7. The minimum atomic E-state index is 0.597. The molecule has 1 fully saturated rings. The average molecular weight is 260 g/mol. The van der Waals surface area contributed by atoms with Crippen LogP contribution in [0.25, 0.3) is 0 Å². The van der Waals surface area contributed by atoms with Crippen LogP contribution in [-0.4, -0.2) is 36.1 Å². The highest BCUT2D eigenvalue weighted by Gasteiger charge is 2.26. The van der Waals surface area contributed by atoms with Gasteiger partial charge in [-0.2, -0.15) is 0 Å². The lowest BCUT2D eigenvalue weighted by molar-refractivity contribution is 0.441. The van der Waals surface area contributed by atoms with Crippen LogP contribution in [0.5, 0.6) is 0 Å². The third kappa shape index (κ3) is 2.59. The van der Waals surface area contributed by atoms with Gasteiger partial charge in [0.05, 0.1) is 0 Å². The molecule has 2 heterocycles. The number of nitrogens with one attached hydrogen (secondary N) is 1. The van der Waals surface area contributed by atoms with Gasteiger partial charge in [0.1, 0.15) is 12.1 Å². The van der Waals surface area contributed by atoms with E-state index in [1.54, 1.807) is 6.33 Å². The van der Waals surface area contributed by atoms with E-state index in [4.69, 9.17) is 0 Å². The second-order valence-corrected chi connectivity index (χ2v) is 5.73. The molecule has 1 aliphatic carbocycles. The molecular weight excluding hydrogens is 236 g/mol. The van der Waals surface area contributed by atoms with Gasteiger partial charge in [-0.3, -0.25) is 0 Å². The zero-order valence-electron chi connectivity index (χ0n) is 11.9. The monoisotopic (exact) mass is 260 g/mol. The zero-order chi connectivity index (χ0) is 13.1. The van der Waals surface area contributed by atoms with Crippen LogP contribution in [0.1, 0.15) is 43.4 Å². The van der Waals surface area contributed by atoms with Crippen LogP contribution in [0.15, 0.2) is 6.33 Å². The minimum absolute atomic E-state index is 0.597. The fourth-order valence-corrected chi connectivity index (χ4v) is 3.48. The van der Waals surface area contributed by atoms with Crippen molar-refractivity contribution in [1.29, 1.82) is 0 Å². The number of hydrogen-bond acceptors (Lipinski definition) is 4. The molecule has 2 aliphatic rings. The lowest BCUT2D eigenvalue weighted by Gasteiger charge is -2.38. The highest BCUT2D eigenvalue weighted by molar-refractivity contribution is 5.50. The van der Waals surface area contributed by atoms with Crippen molar-refractivity contribution < 1.29 is 0 Å². The summed E-state index contributed by atoms with van der Waals surface area (Å²) >= 11 is 0. The normalized spacial score (nSPS) is 23.2. The summed E-state index contributed by atoms with van der Waals surface area (Å²) in [5.74, 6) is 1.23. The van der Waals surface area contributed by atoms with Crippen molar-refractivity contribution in [3.05, 3.63) is 17.6 Å². The third-order valence-corrected chi connectivity index (χ3v) is 4.44. The number of piperidine rings is 1. The molecule has 1 saturated heterocycles. The number of aromatic nitrogens is 2. The molecular formula is C15H24N4. The first-order chi connectivity index (χ1) is 9.40. The molecule has 0 spiro atoms. The van der Waals surface area contributed by atoms with Gasteiger partial charge in [0.2, 0.25) is 0 Å². The quantitative estimate of drug-likeness (QED) is 0.901. The molecule has 0 amide bonds. The standard InChI is InChI=1S/C15H24N4/c1-16-10-12-6-4-5-9-19(12)15-13-7-2-3-8-14(13)17-11-18-15/h11-12,16H,2-10H2,1H3. The number of likely N-dealkylation sites (N-methyl/N-ethyl adjacent to an activating group) is 1. The highest BCUT2D eigenvalue weighted by atomic mass is 15.2. The van der Waals surface area contributed by atoms with Crippen molar-refractivity contribution in [2.24, 2.45) is 0 Å². The summed E-state index contributed by atoms with van der Waals surface area (Å²) in [6.07, 6.45) is 10.5. The number of nitrogens with zero attached hydrogens (tertiary/aromatic N) is 3. The Bertz CT molecular complexity index is 430. The Hall–Kier alpha value is -1.16. The van der Waals surface area contributed by atoms with Crippen molar-refractivity contribution in [3.8, 4) is 0 Å². The van der Waals surface area contributed by atoms with Gasteiger partial charge >= 0.3 is 0 Å². The van der Waals surface area contributed by atoms with E-state index in [2.05, 4.69) is 20.2 Å². The van der Waals surface area contributed by atoms with Gasteiger partial charge in [-0.05, 0) is 52.0 Å². The first kappa shape index (κ1) is 12.9. The van der Waals surface area contributed by atoms with Gasteiger partial charge in [0.25, 0.3) is 0 Å². The fourth-order valence-electron chi connectivity index (χ4n) is 3.48. The van der Waals surface area contributed by atoms with Gasteiger partial charge < -0.3 is 10.2 Å². The highest BCUT2D eigenvalue weighted by Crippen LogP contribution is 2.30. The Labute approximate surface area is 115 Å². The van der Waals surface area contributed by atoms with Crippen molar-refractivity contribution in [2.45, 2.75) is 51.0 Å². The van der Waals surface area contributed by atoms with Gasteiger partial charge in [0.15, 0.2) is 0 Å². The number of rotatable bonds is 3. The summed E-state index contributed by atoms with van der Waals surface area (Å²) < 4.78 is 0. The third-order valence-electron chi connectivity index (χ3n) is 4.44. The Morgan fingerprint density at radius 2 is 2.11 bits per heavy atom. The van der Waals surface area contributed by atoms with Gasteiger partial charge in [-0.15, -0.1) is 0 Å². The van der Waals surface area contributed by atoms with Crippen LogP contribution in [0.2, 0.25) is 0 Å². The van der Waals surface area contributed by atoms with Gasteiger partial charge in [-0.1, -0.05) is 0 Å². The predicted octanol–water partition coefficient (Wildman–Crippen LogP) is 1.93. The van der Waals surface area contributed by atoms with Crippen molar-refractivity contribution >= 4 is 5.82 Å². The molecule has 4 heteroatoms. The number of anilines is 1. The summed E-state index contributed by atoms with van der Waals surface area (Å²) in [5, 5.41) is 3.33. The first-order valence-electron chi connectivity index (χ1n) is 7.64. The van der Waals surface area contributed by atoms with Crippen LogP contribution in [0, 0.1) is 0 Å². The number of aryl methyl sites for hydroxylation is 1. The second kappa shape index (κ2) is 5.87. The molecule has 4 nitrogen and oxygen atoms in total. The average Bonchev–Trinajstić information content (AvgIpc) is 2.48. The van der Waals surface area contributed by atoms with Crippen LogP contribution in [0.3, 0.4) is 0 Å². The molecule has 3 rings (SSSR count). The van der Waals surface area contributed by atoms with E-state index in [1.165, 1.54) is 49.2 Å². The SMILES string of the molecule is CNCC1CCCCN1c1ncnc2c1CCCC2. The van der Waals surface area contributed by atoms with E-state index in [0.717, 1.165) is 25.9 Å². The van der Waals surface area contributed by atoms with Crippen LogP contribution in [0.4, 0.5) is 5.82 Å². The second-order valence-electron chi connectivity index (χ2n) is 5.73. The van der Waals surface area contributed by atoms with Crippen molar-refractivity contribution in [2.75, 3.05) is 25.0 Å². The van der Waals surface area contributed by atoms with Crippen molar-refractivity contribution in [1.82, 2.24) is 15.3 Å². The molecule has 1 unspecified atom stereocenters. The minimum Gasteiger partial charge on any atom is -0.352 e. The Morgan fingerprint density at radius 3 is 3.00 bits per heavy atom. The summed E-state index contributed by atoms with van der Waals surface area (Å²) in [6.45, 7) is 2.20. The maximum absolute atomic E-state index is 4.64. The molecule has 1 aromatic heterocycles. The van der Waals surface area contributed by atoms with E-state index >= 15 is 0 Å². The Morgan fingerprint density at radius 1 is 1.21 bits per heavy atom. The van der Waals surface area contributed by atoms with Gasteiger partial charge in [-0.25, -0.2) is 9.97 Å². The largest absolute Gasteiger partial charge is 0.352 e. The Balaban J connectivity index is 1.91.